The van der Waals surface area contributed by atoms with E-state index in [0.717, 1.165) is 22.0 Å². The molecule has 0 saturated carbocycles. The highest BCUT2D eigenvalue weighted by atomic mass is 35.5. The number of hydrogen-bond acceptors (Lipinski definition) is 5. The highest BCUT2D eigenvalue weighted by Crippen LogP contribution is 2.29. The molecule has 21 heavy (non-hydrogen) atoms. The molecule has 0 spiro atoms. The zero-order chi connectivity index (χ0) is 14.8. The van der Waals surface area contributed by atoms with Crippen molar-refractivity contribution in [3.63, 3.8) is 0 Å². The number of aromatic nitrogens is 3. The van der Waals surface area contributed by atoms with Gasteiger partial charge in [-0.05, 0) is 23.6 Å². The molecule has 4 nitrogen and oxygen atoms in total. The van der Waals surface area contributed by atoms with Gasteiger partial charge in [-0.15, -0.1) is 21.5 Å². The molecule has 0 atom stereocenters. The minimum Gasteiger partial charge on any atom is -0.361 e. The smallest absolute Gasteiger partial charge is 0.193 e. The predicted octanol–water partition coefficient (Wildman–Crippen LogP) is 3.99. The molecule has 0 aliphatic carbocycles. The highest BCUT2D eigenvalue weighted by molar-refractivity contribution is 7.13. The monoisotopic (exact) mass is 316 g/mol. The van der Waals surface area contributed by atoms with Crippen molar-refractivity contribution in [1.82, 2.24) is 15.2 Å². The first-order chi connectivity index (χ1) is 10.1. The van der Waals surface area contributed by atoms with E-state index in [-0.39, 0.29) is 0 Å². The predicted molar refractivity (Wildman–Crippen MR) is 87.9 cm³/mol. The van der Waals surface area contributed by atoms with Crippen molar-refractivity contribution in [1.29, 1.82) is 0 Å². The standard InChI is InChI=1S/C15H13ClN4S/c1-20(2)15-13(10-5-7-11(16)8-6-10)18-19-14(17-15)12-4-3-9-21-12/h3-9H,1-2H3. The summed E-state index contributed by atoms with van der Waals surface area (Å²) in [6.07, 6.45) is 0. The average molecular weight is 317 g/mol. The molecule has 106 valence electrons. The Kier molecular flexibility index (Phi) is 3.86. The second kappa shape index (κ2) is 5.79. The van der Waals surface area contributed by atoms with Gasteiger partial charge in [-0.1, -0.05) is 29.8 Å². The van der Waals surface area contributed by atoms with Crippen molar-refractivity contribution in [3.8, 4) is 22.0 Å². The van der Waals surface area contributed by atoms with E-state index in [4.69, 9.17) is 11.6 Å². The van der Waals surface area contributed by atoms with Crippen LogP contribution in [0.25, 0.3) is 22.0 Å². The summed E-state index contributed by atoms with van der Waals surface area (Å²) in [4.78, 5) is 7.59. The Morgan fingerprint density at radius 3 is 2.43 bits per heavy atom. The zero-order valence-electron chi connectivity index (χ0n) is 11.6. The molecule has 2 aromatic heterocycles. The molecule has 0 saturated heterocycles. The number of benzene rings is 1. The van der Waals surface area contributed by atoms with Gasteiger partial charge >= 0.3 is 0 Å². The third kappa shape index (κ3) is 2.89. The van der Waals surface area contributed by atoms with E-state index >= 15 is 0 Å². The number of rotatable bonds is 3. The molecule has 0 N–H and O–H groups in total. The van der Waals surface area contributed by atoms with Crippen LogP contribution in [0.4, 0.5) is 5.82 Å². The van der Waals surface area contributed by atoms with E-state index in [9.17, 15) is 0 Å². The highest BCUT2D eigenvalue weighted by Gasteiger charge is 2.14. The Labute approximate surface area is 132 Å². The van der Waals surface area contributed by atoms with Crippen molar-refractivity contribution in [2.24, 2.45) is 0 Å². The molecule has 6 heteroatoms. The fraction of sp³-hybridized carbons (Fsp3) is 0.133. The third-order valence-corrected chi connectivity index (χ3v) is 4.07. The SMILES string of the molecule is CN(C)c1nc(-c2cccs2)nnc1-c1ccc(Cl)cc1. The van der Waals surface area contributed by atoms with E-state index in [1.807, 2.05) is 60.8 Å². The first kappa shape index (κ1) is 14.0. The quantitative estimate of drug-likeness (QED) is 0.733. The van der Waals surface area contributed by atoms with Gasteiger partial charge in [0.05, 0.1) is 4.88 Å². The molecule has 0 fully saturated rings. The van der Waals surface area contributed by atoms with Crippen LogP contribution in [0, 0.1) is 0 Å². The van der Waals surface area contributed by atoms with Gasteiger partial charge in [-0.25, -0.2) is 4.98 Å². The van der Waals surface area contributed by atoms with Gasteiger partial charge < -0.3 is 4.90 Å². The third-order valence-electron chi connectivity index (χ3n) is 2.95. The minimum absolute atomic E-state index is 0.645. The van der Waals surface area contributed by atoms with Gasteiger partial charge in [0.15, 0.2) is 11.6 Å². The topological polar surface area (TPSA) is 41.9 Å². The van der Waals surface area contributed by atoms with Crippen LogP contribution in [0.3, 0.4) is 0 Å². The van der Waals surface area contributed by atoms with Crippen LogP contribution in [0.5, 0.6) is 0 Å². The van der Waals surface area contributed by atoms with Crippen LogP contribution in [0.2, 0.25) is 5.02 Å². The fourth-order valence-electron chi connectivity index (χ4n) is 1.93. The Bertz CT molecular complexity index is 739. The van der Waals surface area contributed by atoms with Crippen LogP contribution in [0.1, 0.15) is 0 Å². The number of hydrogen-bond donors (Lipinski definition) is 0. The summed E-state index contributed by atoms with van der Waals surface area (Å²) in [6.45, 7) is 0. The van der Waals surface area contributed by atoms with Crippen molar-refractivity contribution in [3.05, 3.63) is 46.8 Å². The van der Waals surface area contributed by atoms with E-state index < -0.39 is 0 Å². The molecule has 1 aromatic carbocycles. The van der Waals surface area contributed by atoms with Crippen LogP contribution >= 0.6 is 22.9 Å². The first-order valence-electron chi connectivity index (χ1n) is 6.37. The summed E-state index contributed by atoms with van der Waals surface area (Å²) in [6, 6.07) is 11.5. The molecule has 0 amide bonds. The van der Waals surface area contributed by atoms with Crippen molar-refractivity contribution < 1.29 is 0 Å². The maximum absolute atomic E-state index is 5.93. The van der Waals surface area contributed by atoms with Crippen molar-refractivity contribution in [2.75, 3.05) is 19.0 Å². The van der Waals surface area contributed by atoms with Crippen molar-refractivity contribution in [2.45, 2.75) is 0 Å². The lowest BCUT2D eigenvalue weighted by atomic mass is 10.1. The van der Waals surface area contributed by atoms with E-state index in [1.165, 1.54) is 0 Å². The number of nitrogens with zero attached hydrogens (tertiary/aromatic N) is 4. The van der Waals surface area contributed by atoms with Crippen LogP contribution in [-0.4, -0.2) is 29.3 Å². The molecule has 0 unspecified atom stereocenters. The summed E-state index contributed by atoms with van der Waals surface area (Å²) in [5, 5.41) is 11.3. The molecular formula is C15H13ClN4S. The maximum atomic E-state index is 5.93. The summed E-state index contributed by atoms with van der Waals surface area (Å²) in [5.74, 6) is 1.43. The lowest BCUT2D eigenvalue weighted by Crippen LogP contribution is -2.14. The second-order valence-corrected chi connectivity index (χ2v) is 6.07. The van der Waals surface area contributed by atoms with Gasteiger partial charge in [0.2, 0.25) is 0 Å². The van der Waals surface area contributed by atoms with Crippen LogP contribution < -0.4 is 4.90 Å². The van der Waals surface area contributed by atoms with Gasteiger partial charge in [0, 0.05) is 24.7 Å². The van der Waals surface area contributed by atoms with Gasteiger partial charge in [-0.3, -0.25) is 0 Å². The summed E-state index contributed by atoms with van der Waals surface area (Å²) in [5.41, 5.74) is 1.69. The Morgan fingerprint density at radius 2 is 1.81 bits per heavy atom. The van der Waals surface area contributed by atoms with E-state index in [2.05, 4.69) is 15.2 Å². The van der Waals surface area contributed by atoms with E-state index in [1.54, 1.807) is 11.3 Å². The van der Waals surface area contributed by atoms with Gasteiger partial charge in [0.1, 0.15) is 5.69 Å². The number of anilines is 1. The summed E-state index contributed by atoms with van der Waals surface area (Å²) in [7, 11) is 3.89. The van der Waals surface area contributed by atoms with Crippen molar-refractivity contribution >= 4 is 28.8 Å². The van der Waals surface area contributed by atoms with Crippen LogP contribution in [0.15, 0.2) is 41.8 Å². The Hall–Kier alpha value is -1.98. The first-order valence-corrected chi connectivity index (χ1v) is 7.63. The molecule has 3 aromatic rings. The average Bonchev–Trinajstić information content (AvgIpc) is 3.02. The zero-order valence-corrected chi connectivity index (χ0v) is 13.2. The van der Waals surface area contributed by atoms with Crippen LogP contribution in [-0.2, 0) is 0 Å². The largest absolute Gasteiger partial charge is 0.361 e. The lowest BCUT2D eigenvalue weighted by molar-refractivity contribution is 0.953. The fourth-order valence-corrected chi connectivity index (χ4v) is 2.71. The molecule has 0 bridgehead atoms. The van der Waals surface area contributed by atoms with Gasteiger partial charge in [-0.2, -0.15) is 0 Å². The molecular weight excluding hydrogens is 304 g/mol. The summed E-state index contributed by atoms with van der Waals surface area (Å²) < 4.78 is 0. The molecule has 3 rings (SSSR count). The normalized spacial score (nSPS) is 10.6. The Morgan fingerprint density at radius 1 is 1.05 bits per heavy atom. The molecule has 0 aliphatic rings. The number of thiophene rings is 1. The van der Waals surface area contributed by atoms with E-state index in [0.29, 0.717) is 10.8 Å². The molecule has 0 radical (unpaired) electrons. The molecule has 2 heterocycles. The maximum Gasteiger partial charge on any atom is 0.193 e. The lowest BCUT2D eigenvalue weighted by Gasteiger charge is -2.15. The summed E-state index contributed by atoms with van der Waals surface area (Å²) >= 11 is 7.53. The Balaban J connectivity index is 2.11. The number of halogens is 1. The van der Waals surface area contributed by atoms with Gasteiger partial charge in [0.25, 0.3) is 0 Å². The second-order valence-electron chi connectivity index (χ2n) is 4.69. The molecule has 0 aliphatic heterocycles. The minimum atomic E-state index is 0.645.